The second-order valence-electron chi connectivity index (χ2n) is 6.31. The summed E-state index contributed by atoms with van der Waals surface area (Å²) in [6.45, 7) is 4.16. The number of thiocarbonyl (C=S) groups is 1. The number of hydrogen-bond acceptors (Lipinski definition) is 3. The van der Waals surface area contributed by atoms with E-state index < -0.39 is 5.41 Å². The van der Waals surface area contributed by atoms with Crippen molar-refractivity contribution in [2.45, 2.75) is 26.7 Å². The fraction of sp³-hybridized carbons (Fsp3) is 0.500. The van der Waals surface area contributed by atoms with Crippen molar-refractivity contribution in [1.29, 1.82) is 0 Å². The topological polar surface area (TPSA) is 58.4 Å². The van der Waals surface area contributed by atoms with Gasteiger partial charge in [-0.25, -0.2) is 0 Å². The second kappa shape index (κ2) is 5.64. The summed E-state index contributed by atoms with van der Waals surface area (Å²) in [4.78, 5) is 14.9. The molecule has 4 nitrogen and oxygen atoms in total. The monoisotopic (exact) mass is 305 g/mol. The highest BCUT2D eigenvalue weighted by Crippen LogP contribution is 2.46. The van der Waals surface area contributed by atoms with Crippen LogP contribution in [0.4, 0.5) is 11.4 Å². The van der Waals surface area contributed by atoms with Gasteiger partial charge in [0, 0.05) is 25.5 Å². The molecule has 0 aromatic heterocycles. The van der Waals surface area contributed by atoms with Gasteiger partial charge < -0.3 is 16.0 Å². The van der Waals surface area contributed by atoms with Crippen LogP contribution in [0.3, 0.4) is 0 Å². The molecule has 0 saturated heterocycles. The van der Waals surface area contributed by atoms with Crippen molar-refractivity contribution < 1.29 is 4.79 Å². The first-order valence-electron chi connectivity index (χ1n) is 7.15. The number of amides is 1. The van der Waals surface area contributed by atoms with E-state index in [0.717, 1.165) is 24.2 Å². The molecule has 21 heavy (non-hydrogen) atoms. The van der Waals surface area contributed by atoms with Crippen molar-refractivity contribution in [3.05, 3.63) is 23.8 Å². The summed E-state index contributed by atoms with van der Waals surface area (Å²) in [5.41, 5.74) is 8.18. The van der Waals surface area contributed by atoms with Crippen LogP contribution in [0.5, 0.6) is 0 Å². The molecule has 0 radical (unpaired) electrons. The number of nitrogens with zero attached hydrogens (tertiary/aromatic N) is 1. The Bertz CT molecular complexity index is 577. The maximum atomic E-state index is 12.6. The maximum absolute atomic E-state index is 12.6. The van der Waals surface area contributed by atoms with Crippen LogP contribution in [0.1, 0.15) is 25.3 Å². The average Bonchev–Trinajstić information content (AvgIpc) is 2.36. The molecular weight excluding hydrogens is 282 g/mol. The SMILES string of the molecule is Cc1ccc(NC(=O)C2(C(N)=S)CC(C)C2)cc1N(C)C. The van der Waals surface area contributed by atoms with E-state index in [2.05, 4.69) is 12.2 Å². The van der Waals surface area contributed by atoms with Gasteiger partial charge in [0.15, 0.2) is 0 Å². The first-order chi connectivity index (χ1) is 9.76. The minimum Gasteiger partial charge on any atom is -0.392 e. The summed E-state index contributed by atoms with van der Waals surface area (Å²) < 4.78 is 0. The predicted octanol–water partition coefficient (Wildman–Crippen LogP) is 2.70. The zero-order chi connectivity index (χ0) is 15.8. The minimum absolute atomic E-state index is 0.0818. The molecule has 1 amide bonds. The summed E-state index contributed by atoms with van der Waals surface area (Å²) in [7, 11) is 3.97. The molecule has 0 aliphatic heterocycles. The van der Waals surface area contributed by atoms with Gasteiger partial charge in [-0.3, -0.25) is 4.79 Å². The van der Waals surface area contributed by atoms with Crippen LogP contribution >= 0.6 is 12.2 Å². The van der Waals surface area contributed by atoms with Gasteiger partial charge in [-0.05, 0) is 43.4 Å². The Morgan fingerprint density at radius 2 is 2.05 bits per heavy atom. The van der Waals surface area contributed by atoms with Crippen molar-refractivity contribution in [1.82, 2.24) is 0 Å². The van der Waals surface area contributed by atoms with Gasteiger partial charge in [0.25, 0.3) is 0 Å². The van der Waals surface area contributed by atoms with Crippen LogP contribution in [-0.4, -0.2) is 25.0 Å². The van der Waals surface area contributed by atoms with Crippen LogP contribution < -0.4 is 16.0 Å². The van der Waals surface area contributed by atoms with E-state index in [1.165, 1.54) is 5.56 Å². The van der Waals surface area contributed by atoms with Crippen LogP contribution in [0.25, 0.3) is 0 Å². The standard InChI is InChI=1S/C16H23N3OS/c1-10-8-16(9-10,14(17)21)15(20)18-12-6-5-11(2)13(7-12)19(3)4/h5-7,10H,8-9H2,1-4H3,(H2,17,21)(H,18,20). The fourth-order valence-corrected chi connectivity index (χ4v) is 3.31. The van der Waals surface area contributed by atoms with Crippen molar-refractivity contribution in [3.8, 4) is 0 Å². The number of nitrogens with two attached hydrogens (primary N) is 1. The molecule has 2 rings (SSSR count). The highest BCUT2D eigenvalue weighted by atomic mass is 32.1. The zero-order valence-corrected chi connectivity index (χ0v) is 13.9. The molecule has 1 aromatic carbocycles. The Labute approximate surface area is 131 Å². The Balaban J connectivity index is 2.20. The van der Waals surface area contributed by atoms with Gasteiger partial charge in [0.05, 0.1) is 10.4 Å². The summed E-state index contributed by atoms with van der Waals surface area (Å²) >= 11 is 5.12. The van der Waals surface area contributed by atoms with E-state index in [4.69, 9.17) is 18.0 Å². The third kappa shape index (κ3) is 2.88. The summed E-state index contributed by atoms with van der Waals surface area (Å²) in [6, 6.07) is 5.89. The summed E-state index contributed by atoms with van der Waals surface area (Å²) in [6.07, 6.45) is 1.47. The smallest absolute Gasteiger partial charge is 0.237 e. The maximum Gasteiger partial charge on any atom is 0.237 e. The van der Waals surface area contributed by atoms with E-state index in [1.54, 1.807) is 0 Å². The van der Waals surface area contributed by atoms with Crippen molar-refractivity contribution in [3.63, 3.8) is 0 Å². The Hall–Kier alpha value is -1.62. The predicted molar refractivity (Wildman–Crippen MR) is 91.8 cm³/mol. The molecule has 1 aromatic rings. The molecule has 0 atom stereocenters. The van der Waals surface area contributed by atoms with Gasteiger partial charge in [-0.1, -0.05) is 25.2 Å². The van der Waals surface area contributed by atoms with Crippen LogP contribution in [0, 0.1) is 18.3 Å². The van der Waals surface area contributed by atoms with Gasteiger partial charge >= 0.3 is 0 Å². The highest BCUT2D eigenvalue weighted by Gasteiger charge is 2.50. The third-order valence-corrected chi connectivity index (χ3v) is 4.64. The Kier molecular flexibility index (Phi) is 4.23. The number of anilines is 2. The van der Waals surface area contributed by atoms with E-state index in [9.17, 15) is 4.79 Å². The lowest BCUT2D eigenvalue weighted by atomic mass is 9.62. The molecule has 0 heterocycles. The lowest BCUT2D eigenvalue weighted by Gasteiger charge is -2.44. The van der Waals surface area contributed by atoms with E-state index in [1.807, 2.05) is 44.1 Å². The summed E-state index contributed by atoms with van der Waals surface area (Å²) in [5, 5.41) is 2.98. The molecule has 1 saturated carbocycles. The Morgan fingerprint density at radius 1 is 1.43 bits per heavy atom. The molecule has 0 spiro atoms. The molecule has 0 bridgehead atoms. The quantitative estimate of drug-likeness (QED) is 0.840. The molecule has 1 aliphatic carbocycles. The van der Waals surface area contributed by atoms with Crippen molar-refractivity contribution in [2.24, 2.45) is 17.1 Å². The van der Waals surface area contributed by atoms with Gasteiger partial charge in [0.1, 0.15) is 0 Å². The molecule has 114 valence electrons. The van der Waals surface area contributed by atoms with Gasteiger partial charge in [-0.15, -0.1) is 0 Å². The van der Waals surface area contributed by atoms with Crippen LogP contribution in [-0.2, 0) is 4.79 Å². The number of aryl methyl sites for hydroxylation is 1. The first kappa shape index (κ1) is 15.8. The van der Waals surface area contributed by atoms with E-state index >= 15 is 0 Å². The molecule has 1 fully saturated rings. The number of carbonyl (C=O) groups excluding carboxylic acids is 1. The number of rotatable bonds is 4. The molecule has 1 aliphatic rings. The lowest BCUT2D eigenvalue weighted by Crippen LogP contribution is -2.53. The average molecular weight is 305 g/mol. The van der Waals surface area contributed by atoms with E-state index in [-0.39, 0.29) is 5.91 Å². The number of benzene rings is 1. The number of nitrogens with one attached hydrogen (secondary N) is 1. The third-order valence-electron chi connectivity index (χ3n) is 4.25. The second-order valence-corrected chi connectivity index (χ2v) is 6.75. The van der Waals surface area contributed by atoms with E-state index in [0.29, 0.717) is 10.9 Å². The zero-order valence-electron chi connectivity index (χ0n) is 13.1. The van der Waals surface area contributed by atoms with Crippen molar-refractivity contribution >= 4 is 34.5 Å². The summed E-state index contributed by atoms with van der Waals surface area (Å²) in [5.74, 6) is 0.411. The van der Waals surface area contributed by atoms with Gasteiger partial charge in [-0.2, -0.15) is 0 Å². The largest absolute Gasteiger partial charge is 0.392 e. The number of carbonyl (C=O) groups is 1. The van der Waals surface area contributed by atoms with Crippen molar-refractivity contribution in [2.75, 3.05) is 24.3 Å². The van der Waals surface area contributed by atoms with Crippen LogP contribution in [0.2, 0.25) is 0 Å². The highest BCUT2D eigenvalue weighted by molar-refractivity contribution is 7.80. The fourth-order valence-electron chi connectivity index (χ4n) is 3.05. The number of hydrogen-bond donors (Lipinski definition) is 2. The Morgan fingerprint density at radius 3 is 2.52 bits per heavy atom. The van der Waals surface area contributed by atoms with Gasteiger partial charge in [0.2, 0.25) is 5.91 Å². The lowest BCUT2D eigenvalue weighted by molar-refractivity contribution is -0.127. The molecular formula is C16H23N3OS. The minimum atomic E-state index is -0.669. The van der Waals surface area contributed by atoms with Crippen LogP contribution in [0.15, 0.2) is 18.2 Å². The molecule has 3 N–H and O–H groups in total. The molecule has 0 unspecified atom stereocenters. The molecule has 5 heteroatoms. The first-order valence-corrected chi connectivity index (χ1v) is 7.56. The normalized spacial score (nSPS) is 24.1.